The largest absolute Gasteiger partial charge is 0.351 e. The Kier molecular flexibility index (Phi) is 6.56. The lowest BCUT2D eigenvalue weighted by molar-refractivity contribution is -0.128. The molecule has 1 aromatic carbocycles. The van der Waals surface area contributed by atoms with Crippen LogP contribution < -0.4 is 10.9 Å². The van der Waals surface area contributed by atoms with Gasteiger partial charge in [0.1, 0.15) is 17.5 Å². The molecule has 4 aromatic rings. The normalized spacial score (nSPS) is 16.2. The molecule has 2 amide bonds. The summed E-state index contributed by atoms with van der Waals surface area (Å²) in [6, 6.07) is 15.2. The van der Waals surface area contributed by atoms with Gasteiger partial charge in [-0.05, 0) is 35.7 Å². The van der Waals surface area contributed by atoms with Crippen molar-refractivity contribution in [3.05, 3.63) is 97.7 Å². The van der Waals surface area contributed by atoms with Gasteiger partial charge in [0.25, 0.3) is 11.5 Å². The first-order valence-electron chi connectivity index (χ1n) is 11.7. The van der Waals surface area contributed by atoms with Crippen LogP contribution in [0.1, 0.15) is 22.6 Å². The number of pyridine rings is 1. The number of para-hydroxylation sites is 1. The van der Waals surface area contributed by atoms with E-state index >= 15 is 0 Å². The van der Waals surface area contributed by atoms with Gasteiger partial charge in [-0.15, -0.1) is 11.3 Å². The molecule has 0 saturated heterocycles. The van der Waals surface area contributed by atoms with E-state index in [2.05, 4.69) is 15.3 Å². The van der Waals surface area contributed by atoms with E-state index in [4.69, 9.17) is 16.6 Å². The quantitative estimate of drug-likeness (QED) is 0.382. The van der Waals surface area contributed by atoms with Crippen LogP contribution in [0.15, 0.2) is 81.0 Å². The summed E-state index contributed by atoms with van der Waals surface area (Å²) in [5, 5.41) is 5.67. The highest BCUT2D eigenvalue weighted by molar-refractivity contribution is 8.13. The zero-order chi connectivity index (χ0) is 26.2. The molecule has 0 aliphatic carbocycles. The average Bonchev–Trinajstić information content (AvgIpc) is 3.55. The summed E-state index contributed by atoms with van der Waals surface area (Å²) in [5.41, 5.74) is 2.17. The highest BCUT2D eigenvalue weighted by atomic mass is 35.5. The summed E-state index contributed by atoms with van der Waals surface area (Å²) in [4.78, 5) is 55.1. The Morgan fingerprint density at radius 2 is 2.00 bits per heavy atom. The van der Waals surface area contributed by atoms with Gasteiger partial charge < -0.3 is 5.32 Å². The van der Waals surface area contributed by atoms with Crippen LogP contribution in [0.5, 0.6) is 0 Å². The molecule has 38 heavy (non-hydrogen) atoms. The van der Waals surface area contributed by atoms with Crippen molar-refractivity contribution in [2.75, 3.05) is 0 Å². The van der Waals surface area contributed by atoms with Crippen molar-refractivity contribution in [2.24, 2.45) is 9.98 Å². The molecule has 3 aromatic heterocycles. The number of amides is 2. The number of halogens is 1. The van der Waals surface area contributed by atoms with Gasteiger partial charge >= 0.3 is 0 Å². The van der Waals surface area contributed by atoms with Crippen molar-refractivity contribution in [2.45, 2.75) is 24.8 Å². The molecule has 0 spiro atoms. The molecule has 6 rings (SSSR count). The Hall–Kier alpha value is -3.80. The fourth-order valence-electron chi connectivity index (χ4n) is 4.22. The number of aromatic nitrogens is 2. The number of benzene rings is 1. The number of hydrogen-bond donors (Lipinski definition) is 1. The van der Waals surface area contributed by atoms with Gasteiger partial charge in [-0.1, -0.05) is 41.6 Å². The fraction of sp³-hybridized carbons (Fsp3) is 0.154. The van der Waals surface area contributed by atoms with Crippen molar-refractivity contribution < 1.29 is 9.59 Å². The number of nitrogens with zero attached hydrogens (tertiary/aromatic N) is 5. The topological polar surface area (TPSA) is 108 Å². The molecule has 1 atom stereocenters. The highest BCUT2D eigenvalue weighted by Crippen LogP contribution is 2.34. The average molecular weight is 563 g/mol. The standard InChI is InChI=1S/C26H19ClN6O3S2/c27-15-7-8-21-29-16(10-23(35)32(21)13-15)14-38-26-31-19-6-2-1-5-18(19)24-30-20(25(36)33(24)26)11-22(34)28-12-17-4-3-9-37-17/h1-10,13,20H,11-12,14H2,(H,28,34)/t20-/m1/s1. The molecule has 2 aliphatic rings. The van der Waals surface area contributed by atoms with Gasteiger partial charge in [-0.25, -0.2) is 14.9 Å². The maximum absolute atomic E-state index is 13.5. The van der Waals surface area contributed by atoms with Crippen molar-refractivity contribution in [3.8, 4) is 0 Å². The third kappa shape index (κ3) is 4.75. The monoisotopic (exact) mass is 562 g/mol. The second-order valence-corrected chi connectivity index (χ2v) is 11.0. The van der Waals surface area contributed by atoms with Crippen LogP contribution in [0.25, 0.3) is 5.65 Å². The van der Waals surface area contributed by atoms with Crippen molar-refractivity contribution in [1.29, 1.82) is 0 Å². The SMILES string of the molecule is O=C(C[C@H]1N=C2c3ccccc3N=C(SCc3cc(=O)n4cc(Cl)ccc4n3)N2C1=O)NCc1cccs1. The smallest absolute Gasteiger partial charge is 0.259 e. The zero-order valence-corrected chi connectivity index (χ0v) is 22.1. The van der Waals surface area contributed by atoms with E-state index in [-0.39, 0.29) is 23.8 Å². The maximum atomic E-state index is 13.5. The van der Waals surface area contributed by atoms with Crippen LogP contribution in [0.2, 0.25) is 5.02 Å². The minimum Gasteiger partial charge on any atom is -0.351 e. The number of thioether (sulfide) groups is 1. The molecule has 0 unspecified atom stereocenters. The number of fused-ring (bicyclic) bond motifs is 4. The lowest BCUT2D eigenvalue weighted by atomic mass is 10.1. The van der Waals surface area contributed by atoms with Gasteiger partial charge in [-0.2, -0.15) is 0 Å². The van der Waals surface area contributed by atoms with Gasteiger partial charge in [0.2, 0.25) is 5.91 Å². The van der Waals surface area contributed by atoms with E-state index in [0.717, 1.165) is 10.4 Å². The summed E-state index contributed by atoms with van der Waals surface area (Å²) in [5.74, 6) is 0.216. The summed E-state index contributed by atoms with van der Waals surface area (Å²) < 4.78 is 1.38. The molecule has 9 nitrogen and oxygen atoms in total. The first kappa shape index (κ1) is 24.5. The fourth-order valence-corrected chi connectivity index (χ4v) is 5.92. The maximum Gasteiger partial charge on any atom is 0.259 e. The van der Waals surface area contributed by atoms with E-state index in [1.54, 1.807) is 23.5 Å². The van der Waals surface area contributed by atoms with Gasteiger partial charge in [0.15, 0.2) is 5.17 Å². The number of aliphatic imine (C=N–C) groups is 2. The summed E-state index contributed by atoms with van der Waals surface area (Å²) in [6.45, 7) is 0.411. The van der Waals surface area contributed by atoms with Crippen LogP contribution >= 0.6 is 34.7 Å². The second-order valence-electron chi connectivity index (χ2n) is 8.56. The number of thiophene rings is 1. The van der Waals surface area contributed by atoms with Gasteiger partial charge in [-0.3, -0.25) is 23.8 Å². The van der Waals surface area contributed by atoms with Crippen LogP contribution in [0.4, 0.5) is 5.69 Å². The third-order valence-electron chi connectivity index (χ3n) is 5.99. The van der Waals surface area contributed by atoms with E-state index < -0.39 is 6.04 Å². The van der Waals surface area contributed by atoms with Crippen molar-refractivity contribution in [1.82, 2.24) is 19.6 Å². The first-order chi connectivity index (χ1) is 18.5. The molecule has 5 heterocycles. The molecule has 190 valence electrons. The molecule has 0 saturated carbocycles. The third-order valence-corrected chi connectivity index (χ3v) is 8.06. The molecule has 0 bridgehead atoms. The molecule has 0 fully saturated rings. The predicted molar refractivity (Wildman–Crippen MR) is 149 cm³/mol. The Morgan fingerprint density at radius 3 is 2.84 bits per heavy atom. The number of nitrogens with one attached hydrogen (secondary N) is 1. The van der Waals surface area contributed by atoms with E-state index in [1.807, 2.05) is 41.8 Å². The number of carbonyl (C=O) groups is 2. The Bertz CT molecular complexity index is 1700. The summed E-state index contributed by atoms with van der Waals surface area (Å²) >= 11 is 8.84. The Labute approximate surface area is 229 Å². The lowest BCUT2D eigenvalue weighted by Crippen LogP contribution is -2.42. The number of rotatable bonds is 6. The summed E-state index contributed by atoms with van der Waals surface area (Å²) in [7, 11) is 0. The molecule has 2 aliphatic heterocycles. The van der Waals surface area contributed by atoms with Gasteiger partial charge in [0, 0.05) is 28.5 Å². The minimum atomic E-state index is -0.849. The van der Waals surface area contributed by atoms with Crippen molar-refractivity contribution >= 4 is 68.9 Å². The van der Waals surface area contributed by atoms with Crippen LogP contribution in [-0.2, 0) is 21.9 Å². The Morgan fingerprint density at radius 1 is 1.13 bits per heavy atom. The molecule has 12 heteroatoms. The number of hydrogen-bond acceptors (Lipinski definition) is 8. The summed E-state index contributed by atoms with van der Waals surface area (Å²) in [6.07, 6.45) is 1.46. The lowest BCUT2D eigenvalue weighted by Gasteiger charge is -2.25. The number of carbonyl (C=O) groups excluding carboxylic acids is 2. The molecular weight excluding hydrogens is 544 g/mol. The van der Waals surface area contributed by atoms with Crippen LogP contribution in [0, 0.1) is 0 Å². The van der Waals surface area contributed by atoms with Crippen LogP contribution in [-0.4, -0.2) is 43.1 Å². The molecule has 0 radical (unpaired) electrons. The van der Waals surface area contributed by atoms with Crippen LogP contribution in [0.3, 0.4) is 0 Å². The number of amidine groups is 2. The van der Waals surface area contributed by atoms with E-state index in [9.17, 15) is 14.4 Å². The molecular formula is C26H19ClN6O3S2. The van der Waals surface area contributed by atoms with E-state index in [0.29, 0.717) is 45.4 Å². The highest BCUT2D eigenvalue weighted by Gasteiger charge is 2.42. The van der Waals surface area contributed by atoms with E-state index in [1.165, 1.54) is 33.3 Å². The predicted octanol–water partition coefficient (Wildman–Crippen LogP) is 4.01. The second kappa shape index (κ2) is 10.2. The minimum absolute atomic E-state index is 0.0596. The Balaban J connectivity index is 1.23. The first-order valence-corrected chi connectivity index (χ1v) is 13.9. The van der Waals surface area contributed by atoms with Gasteiger partial charge in [0.05, 0.1) is 29.4 Å². The molecule has 1 N–H and O–H groups in total. The zero-order valence-electron chi connectivity index (χ0n) is 19.7. The van der Waals surface area contributed by atoms with Crippen molar-refractivity contribution in [3.63, 3.8) is 0 Å².